The van der Waals surface area contributed by atoms with Gasteiger partial charge in [-0.2, -0.15) is 0 Å². The maximum atomic E-state index is 12.2. The summed E-state index contributed by atoms with van der Waals surface area (Å²) in [4.78, 5) is 20.6. The minimum Gasteiger partial charge on any atom is -0.479 e. The summed E-state index contributed by atoms with van der Waals surface area (Å²) in [5.74, 6) is -0.396. The summed E-state index contributed by atoms with van der Waals surface area (Å²) in [7, 11) is 0. The van der Waals surface area contributed by atoms with Crippen molar-refractivity contribution < 1.29 is 14.3 Å². The van der Waals surface area contributed by atoms with Gasteiger partial charge in [-0.15, -0.1) is 0 Å². The second-order valence-electron chi connectivity index (χ2n) is 6.31. The van der Waals surface area contributed by atoms with Crippen LogP contribution in [0.15, 0.2) is 57.4 Å². The molecule has 1 N–H and O–H groups in total. The predicted molar refractivity (Wildman–Crippen MR) is 97.7 cm³/mol. The second-order valence-corrected chi connectivity index (χ2v) is 6.31. The van der Waals surface area contributed by atoms with Gasteiger partial charge in [0.05, 0.1) is 5.36 Å². The van der Waals surface area contributed by atoms with E-state index in [0.29, 0.717) is 16.8 Å². The highest BCUT2D eigenvalue weighted by Crippen LogP contribution is 2.29. The Kier molecular flexibility index (Phi) is 3.77. The molecule has 128 valence electrons. The standard InChI is InChI=1S/C21H16N2O3/c1-12-7-13(2)9-16(8-12)20-23-18(21(25)26-20)11-15-10-14-5-3-4-6-17(14)22-19(15)24/h3-11,25H,1-2H3/b15-11-. The van der Waals surface area contributed by atoms with E-state index in [-0.39, 0.29) is 17.5 Å². The minimum absolute atomic E-state index is 0.202. The number of rotatable bonds is 2. The van der Waals surface area contributed by atoms with Crippen molar-refractivity contribution in [3.8, 4) is 17.4 Å². The summed E-state index contributed by atoms with van der Waals surface area (Å²) >= 11 is 0. The van der Waals surface area contributed by atoms with Gasteiger partial charge in [-0.1, -0.05) is 35.4 Å². The first-order valence-electron chi connectivity index (χ1n) is 8.19. The van der Waals surface area contributed by atoms with E-state index in [1.165, 1.54) is 6.08 Å². The van der Waals surface area contributed by atoms with Gasteiger partial charge in [0.25, 0.3) is 5.91 Å². The molecular weight excluding hydrogens is 328 g/mol. The third-order valence-electron chi connectivity index (χ3n) is 4.11. The SMILES string of the molecule is Cc1cc(C)cc(-c2nc(/C=C3/C=c4ccccc4=NC3=O)c(O)o2)c1. The molecule has 5 heteroatoms. The van der Waals surface area contributed by atoms with Crippen molar-refractivity contribution in [1.29, 1.82) is 0 Å². The minimum atomic E-state index is -0.376. The number of para-hydroxylation sites is 1. The van der Waals surface area contributed by atoms with E-state index in [4.69, 9.17) is 4.42 Å². The van der Waals surface area contributed by atoms with E-state index in [1.807, 2.05) is 50.2 Å². The molecule has 1 aliphatic heterocycles. The molecule has 2 heterocycles. The number of fused-ring (bicyclic) bond motifs is 1. The first-order valence-corrected chi connectivity index (χ1v) is 8.19. The highest BCUT2D eigenvalue weighted by molar-refractivity contribution is 6.07. The monoisotopic (exact) mass is 344 g/mol. The Labute approximate surface area is 149 Å². The lowest BCUT2D eigenvalue weighted by Crippen LogP contribution is -2.29. The molecular formula is C21H16N2O3. The van der Waals surface area contributed by atoms with E-state index in [2.05, 4.69) is 9.98 Å². The van der Waals surface area contributed by atoms with Crippen LogP contribution in [0.5, 0.6) is 5.95 Å². The van der Waals surface area contributed by atoms with Gasteiger partial charge >= 0.3 is 5.95 Å². The quantitative estimate of drug-likeness (QED) is 0.725. The Morgan fingerprint density at radius 3 is 2.58 bits per heavy atom. The zero-order chi connectivity index (χ0) is 18.3. The Morgan fingerprint density at radius 2 is 1.81 bits per heavy atom. The van der Waals surface area contributed by atoms with Crippen LogP contribution in [0.4, 0.5) is 0 Å². The van der Waals surface area contributed by atoms with Crippen molar-refractivity contribution in [3.63, 3.8) is 0 Å². The Hall–Kier alpha value is -3.47. The van der Waals surface area contributed by atoms with E-state index < -0.39 is 0 Å². The van der Waals surface area contributed by atoms with Gasteiger partial charge in [0.1, 0.15) is 5.69 Å². The second kappa shape index (κ2) is 6.11. The number of hydrogen-bond donors (Lipinski definition) is 1. The summed E-state index contributed by atoms with van der Waals surface area (Å²) in [5.41, 5.74) is 3.47. The molecule has 0 fully saturated rings. The molecule has 0 unspecified atom stereocenters. The molecule has 0 atom stereocenters. The summed E-state index contributed by atoms with van der Waals surface area (Å²) in [6.07, 6.45) is 3.22. The van der Waals surface area contributed by atoms with Gasteiger partial charge in [-0.05, 0) is 44.2 Å². The van der Waals surface area contributed by atoms with Crippen molar-refractivity contribution >= 4 is 18.1 Å². The number of benzene rings is 2. The fraction of sp³-hybridized carbons (Fsp3) is 0.0952. The maximum absolute atomic E-state index is 12.2. The highest BCUT2D eigenvalue weighted by Gasteiger charge is 2.16. The molecule has 0 aliphatic carbocycles. The lowest BCUT2D eigenvalue weighted by Gasteiger charge is -2.02. The van der Waals surface area contributed by atoms with Crippen LogP contribution >= 0.6 is 0 Å². The lowest BCUT2D eigenvalue weighted by atomic mass is 10.1. The van der Waals surface area contributed by atoms with Gasteiger partial charge < -0.3 is 9.52 Å². The number of hydrogen-bond acceptors (Lipinski definition) is 4. The van der Waals surface area contributed by atoms with Crippen molar-refractivity contribution in [2.45, 2.75) is 13.8 Å². The molecule has 0 saturated carbocycles. The number of aryl methyl sites for hydroxylation is 2. The topological polar surface area (TPSA) is 75.7 Å². The van der Waals surface area contributed by atoms with Crippen LogP contribution in [0.1, 0.15) is 16.8 Å². The normalized spacial score (nSPS) is 14.7. The number of nitrogens with zero attached hydrogens (tertiary/aromatic N) is 2. The molecule has 0 radical (unpaired) electrons. The van der Waals surface area contributed by atoms with Gasteiger partial charge in [0, 0.05) is 16.4 Å². The Bertz CT molecular complexity index is 1170. The van der Waals surface area contributed by atoms with Crippen molar-refractivity contribution in [2.24, 2.45) is 4.99 Å². The molecule has 3 aromatic rings. The molecule has 0 saturated heterocycles. The number of aromatic hydroxyl groups is 1. The molecule has 1 aliphatic rings. The number of carbonyl (C=O) groups excluding carboxylic acids is 1. The summed E-state index contributed by atoms with van der Waals surface area (Å²) in [6.45, 7) is 3.97. The maximum Gasteiger partial charge on any atom is 0.310 e. The number of oxazole rings is 1. The van der Waals surface area contributed by atoms with E-state index in [1.54, 1.807) is 12.1 Å². The molecule has 0 bridgehead atoms. The third-order valence-corrected chi connectivity index (χ3v) is 4.11. The fourth-order valence-corrected chi connectivity index (χ4v) is 3.00. The third kappa shape index (κ3) is 2.95. The van der Waals surface area contributed by atoms with Crippen LogP contribution in [0, 0.1) is 13.8 Å². The molecule has 4 rings (SSSR count). The molecule has 1 aromatic heterocycles. The predicted octanol–water partition coefficient (Wildman–Crippen LogP) is 2.69. The molecule has 1 amide bonds. The molecule has 26 heavy (non-hydrogen) atoms. The Balaban J connectivity index is 1.78. The summed E-state index contributed by atoms with van der Waals surface area (Å²) in [6, 6.07) is 13.3. The smallest absolute Gasteiger partial charge is 0.310 e. The fourth-order valence-electron chi connectivity index (χ4n) is 3.00. The number of carbonyl (C=O) groups is 1. The van der Waals surface area contributed by atoms with E-state index in [9.17, 15) is 9.90 Å². The average molecular weight is 344 g/mol. The van der Waals surface area contributed by atoms with Crippen LogP contribution in [0.2, 0.25) is 0 Å². The lowest BCUT2D eigenvalue weighted by molar-refractivity contribution is -0.114. The Morgan fingerprint density at radius 1 is 1.08 bits per heavy atom. The summed E-state index contributed by atoms with van der Waals surface area (Å²) in [5, 5.41) is 11.6. The first kappa shape index (κ1) is 16.0. The van der Waals surface area contributed by atoms with E-state index >= 15 is 0 Å². The van der Waals surface area contributed by atoms with Crippen LogP contribution in [0.25, 0.3) is 23.6 Å². The van der Waals surface area contributed by atoms with Gasteiger partial charge in [0.2, 0.25) is 5.89 Å². The highest BCUT2D eigenvalue weighted by atomic mass is 16.5. The van der Waals surface area contributed by atoms with Crippen molar-refractivity contribution in [3.05, 3.63) is 75.4 Å². The average Bonchev–Trinajstić information content (AvgIpc) is 2.95. The molecule has 0 spiro atoms. The van der Waals surface area contributed by atoms with Crippen LogP contribution in [-0.4, -0.2) is 16.0 Å². The van der Waals surface area contributed by atoms with Crippen molar-refractivity contribution in [2.75, 3.05) is 0 Å². The van der Waals surface area contributed by atoms with Gasteiger partial charge in [-0.3, -0.25) is 4.79 Å². The van der Waals surface area contributed by atoms with Crippen LogP contribution in [-0.2, 0) is 4.79 Å². The van der Waals surface area contributed by atoms with Crippen molar-refractivity contribution in [1.82, 2.24) is 4.98 Å². The molecule has 5 nitrogen and oxygen atoms in total. The number of aromatic nitrogens is 1. The zero-order valence-electron chi connectivity index (χ0n) is 14.4. The van der Waals surface area contributed by atoms with Gasteiger partial charge in [-0.25, -0.2) is 9.98 Å². The van der Waals surface area contributed by atoms with Crippen LogP contribution < -0.4 is 10.6 Å². The van der Waals surface area contributed by atoms with Gasteiger partial charge in [0.15, 0.2) is 0 Å². The molecule has 2 aromatic carbocycles. The summed E-state index contributed by atoms with van der Waals surface area (Å²) < 4.78 is 5.40. The van der Waals surface area contributed by atoms with Crippen LogP contribution in [0.3, 0.4) is 0 Å². The van der Waals surface area contributed by atoms with E-state index in [0.717, 1.165) is 21.9 Å². The zero-order valence-corrected chi connectivity index (χ0v) is 14.4. The largest absolute Gasteiger partial charge is 0.479 e. The number of amides is 1. The first-order chi connectivity index (χ1) is 12.5.